The Bertz CT molecular complexity index is 356. The average Bonchev–Trinajstić information content (AvgIpc) is 2.69. The van der Waals surface area contributed by atoms with E-state index in [2.05, 4.69) is 55.1 Å². The van der Waals surface area contributed by atoms with Gasteiger partial charge in [-0.2, -0.15) is 0 Å². The second-order valence-electron chi connectivity index (χ2n) is 4.81. The van der Waals surface area contributed by atoms with Crippen LogP contribution in [0.25, 0.3) is 0 Å². The molecule has 1 aliphatic heterocycles. The number of hydrogen-bond donors (Lipinski definition) is 1. The van der Waals surface area contributed by atoms with Crippen LogP contribution in [0, 0.1) is 0 Å². The minimum atomic E-state index is 0.686. The maximum atomic E-state index is 3.63. The van der Waals surface area contributed by atoms with Gasteiger partial charge >= 0.3 is 0 Å². The van der Waals surface area contributed by atoms with Crippen LogP contribution in [0.1, 0.15) is 31.1 Å². The molecule has 1 atom stereocenters. The maximum absolute atomic E-state index is 3.63. The van der Waals surface area contributed by atoms with Gasteiger partial charge in [-0.25, -0.2) is 0 Å². The molecule has 0 bridgehead atoms. The largest absolute Gasteiger partial charge is 0.313 e. The van der Waals surface area contributed by atoms with E-state index in [0.29, 0.717) is 6.04 Å². The average molecular weight is 396 g/mol. The Morgan fingerprint density at radius 3 is 2.83 bits per heavy atom. The molecule has 1 fully saturated rings. The molecule has 2 nitrogen and oxygen atoms in total. The first-order chi connectivity index (χ1) is 8.69. The highest BCUT2D eigenvalue weighted by atomic mass is 79.9. The first kappa shape index (κ1) is 15.0. The van der Waals surface area contributed by atoms with Crippen LogP contribution >= 0.6 is 43.2 Å². The second kappa shape index (κ2) is 7.39. The molecule has 0 radical (unpaired) electrons. The lowest BCUT2D eigenvalue weighted by molar-refractivity contribution is 0.228. The van der Waals surface area contributed by atoms with Crippen LogP contribution in [0.3, 0.4) is 0 Å². The molecular formula is C13H20Br2N2S. The number of hydrogen-bond acceptors (Lipinski definition) is 3. The molecule has 0 saturated carbocycles. The molecular weight excluding hydrogens is 376 g/mol. The fraction of sp³-hybridized carbons (Fsp3) is 0.692. The molecule has 0 amide bonds. The molecule has 1 N–H and O–H groups in total. The first-order valence-corrected chi connectivity index (χ1v) is 8.98. The molecule has 0 aromatic carbocycles. The van der Waals surface area contributed by atoms with Crippen molar-refractivity contribution >= 4 is 43.2 Å². The zero-order valence-corrected chi connectivity index (χ0v) is 14.7. The highest BCUT2D eigenvalue weighted by Crippen LogP contribution is 2.33. The van der Waals surface area contributed by atoms with E-state index in [0.717, 1.165) is 13.1 Å². The van der Waals surface area contributed by atoms with Gasteiger partial charge in [0.25, 0.3) is 0 Å². The van der Waals surface area contributed by atoms with Crippen molar-refractivity contribution in [2.45, 2.75) is 38.8 Å². The number of nitrogens with zero attached hydrogens (tertiary/aromatic N) is 1. The number of nitrogens with one attached hydrogen (secondary N) is 1. The molecule has 1 aromatic heterocycles. The van der Waals surface area contributed by atoms with E-state index in [1.165, 1.54) is 45.5 Å². The molecule has 0 aliphatic carbocycles. The highest BCUT2D eigenvalue weighted by molar-refractivity contribution is 9.13. The van der Waals surface area contributed by atoms with Gasteiger partial charge in [0.15, 0.2) is 0 Å². The third-order valence-corrected chi connectivity index (χ3v) is 6.65. The summed E-state index contributed by atoms with van der Waals surface area (Å²) in [5, 5.41) is 3.63. The predicted octanol–water partition coefficient (Wildman–Crippen LogP) is 4.24. The minimum Gasteiger partial charge on any atom is -0.313 e. The summed E-state index contributed by atoms with van der Waals surface area (Å²) in [6.07, 6.45) is 4.05. The van der Waals surface area contributed by atoms with Gasteiger partial charge < -0.3 is 5.32 Å². The standard InChI is InChI=1S/C13H20Br2N2S/c1-2-17(8-10-5-3-4-6-16-10)9-11-7-12(14)13(15)18-11/h7,10,16H,2-6,8-9H2,1H3. The molecule has 102 valence electrons. The van der Waals surface area contributed by atoms with Crippen molar-refractivity contribution in [3.63, 3.8) is 0 Å². The topological polar surface area (TPSA) is 15.3 Å². The smallest absolute Gasteiger partial charge is 0.0843 e. The van der Waals surface area contributed by atoms with Crippen molar-refractivity contribution in [1.29, 1.82) is 0 Å². The van der Waals surface area contributed by atoms with E-state index in [-0.39, 0.29) is 0 Å². The molecule has 2 heterocycles. The monoisotopic (exact) mass is 394 g/mol. The highest BCUT2D eigenvalue weighted by Gasteiger charge is 2.16. The SMILES string of the molecule is CCN(Cc1cc(Br)c(Br)s1)CC1CCCCN1. The second-order valence-corrected chi connectivity index (χ2v) is 8.12. The lowest BCUT2D eigenvalue weighted by atomic mass is 10.0. The summed E-state index contributed by atoms with van der Waals surface area (Å²) in [6, 6.07) is 2.91. The van der Waals surface area contributed by atoms with Crippen molar-refractivity contribution < 1.29 is 0 Å². The van der Waals surface area contributed by atoms with Gasteiger partial charge in [0.2, 0.25) is 0 Å². The number of piperidine rings is 1. The number of thiophene rings is 1. The van der Waals surface area contributed by atoms with E-state index in [1.54, 1.807) is 0 Å². The molecule has 1 unspecified atom stereocenters. The maximum Gasteiger partial charge on any atom is 0.0843 e. The van der Waals surface area contributed by atoms with Crippen LogP contribution in [-0.4, -0.2) is 30.6 Å². The van der Waals surface area contributed by atoms with E-state index in [9.17, 15) is 0 Å². The first-order valence-electron chi connectivity index (χ1n) is 6.58. The van der Waals surface area contributed by atoms with E-state index < -0.39 is 0 Å². The van der Waals surface area contributed by atoms with E-state index >= 15 is 0 Å². The third kappa shape index (κ3) is 4.30. The Hall–Kier alpha value is 0.580. The quantitative estimate of drug-likeness (QED) is 0.801. The van der Waals surface area contributed by atoms with Crippen molar-refractivity contribution in [3.05, 3.63) is 19.2 Å². The van der Waals surface area contributed by atoms with Gasteiger partial charge in [-0.15, -0.1) is 11.3 Å². The zero-order chi connectivity index (χ0) is 13.0. The molecule has 0 spiro atoms. The Labute approximate surface area is 130 Å². The number of likely N-dealkylation sites (N-methyl/N-ethyl adjacent to an activating group) is 1. The lowest BCUT2D eigenvalue weighted by Crippen LogP contribution is -2.43. The summed E-state index contributed by atoms with van der Waals surface area (Å²) in [4.78, 5) is 3.96. The molecule has 1 aromatic rings. The van der Waals surface area contributed by atoms with Gasteiger partial charge in [0.1, 0.15) is 0 Å². The van der Waals surface area contributed by atoms with Crippen LogP contribution in [0.15, 0.2) is 14.3 Å². The molecule has 5 heteroatoms. The van der Waals surface area contributed by atoms with Gasteiger partial charge in [-0.1, -0.05) is 13.3 Å². The molecule has 1 aliphatic rings. The van der Waals surface area contributed by atoms with Crippen LogP contribution in [-0.2, 0) is 6.54 Å². The lowest BCUT2D eigenvalue weighted by Gasteiger charge is -2.29. The van der Waals surface area contributed by atoms with Crippen molar-refractivity contribution in [1.82, 2.24) is 10.2 Å². The summed E-state index contributed by atoms with van der Waals surface area (Å²) < 4.78 is 2.37. The van der Waals surface area contributed by atoms with Crippen LogP contribution in [0.4, 0.5) is 0 Å². The van der Waals surface area contributed by atoms with Crippen LogP contribution < -0.4 is 5.32 Å². The van der Waals surface area contributed by atoms with E-state index in [4.69, 9.17) is 0 Å². The Kier molecular flexibility index (Phi) is 6.15. The Morgan fingerprint density at radius 1 is 1.44 bits per heavy atom. The molecule has 1 saturated heterocycles. The fourth-order valence-corrected chi connectivity index (χ4v) is 4.61. The van der Waals surface area contributed by atoms with Gasteiger partial charge in [0.05, 0.1) is 3.79 Å². The fourth-order valence-electron chi connectivity index (χ4n) is 2.39. The Balaban J connectivity index is 1.88. The van der Waals surface area contributed by atoms with Gasteiger partial charge in [-0.05, 0) is 63.9 Å². The van der Waals surface area contributed by atoms with Crippen LogP contribution in [0.5, 0.6) is 0 Å². The Morgan fingerprint density at radius 2 is 2.28 bits per heavy atom. The van der Waals surface area contributed by atoms with E-state index in [1.807, 2.05) is 11.3 Å². The summed E-state index contributed by atoms with van der Waals surface area (Å²) in [6.45, 7) is 6.79. The summed E-state index contributed by atoms with van der Waals surface area (Å²) >= 11 is 8.95. The van der Waals surface area contributed by atoms with Crippen molar-refractivity contribution in [2.75, 3.05) is 19.6 Å². The number of halogens is 2. The molecule has 2 rings (SSSR count). The van der Waals surface area contributed by atoms with Gasteiger partial charge in [0, 0.05) is 28.5 Å². The summed E-state index contributed by atoms with van der Waals surface area (Å²) in [5.41, 5.74) is 0. The van der Waals surface area contributed by atoms with Crippen molar-refractivity contribution in [2.24, 2.45) is 0 Å². The van der Waals surface area contributed by atoms with Crippen molar-refractivity contribution in [3.8, 4) is 0 Å². The third-order valence-electron chi connectivity index (χ3n) is 3.41. The minimum absolute atomic E-state index is 0.686. The normalized spacial score (nSPS) is 20.6. The zero-order valence-electron chi connectivity index (χ0n) is 10.7. The molecule has 18 heavy (non-hydrogen) atoms. The van der Waals surface area contributed by atoms with Crippen LogP contribution in [0.2, 0.25) is 0 Å². The predicted molar refractivity (Wildman–Crippen MR) is 86.3 cm³/mol. The summed E-state index contributed by atoms with van der Waals surface area (Å²) in [5.74, 6) is 0. The number of rotatable bonds is 5. The van der Waals surface area contributed by atoms with Gasteiger partial charge in [-0.3, -0.25) is 4.90 Å². The summed E-state index contributed by atoms with van der Waals surface area (Å²) in [7, 11) is 0.